The lowest BCUT2D eigenvalue weighted by Gasteiger charge is -2.39. The highest BCUT2D eigenvalue weighted by Crippen LogP contribution is 2.42. The lowest BCUT2D eigenvalue weighted by molar-refractivity contribution is -0.108. The van der Waals surface area contributed by atoms with E-state index in [1.807, 2.05) is 13.8 Å². The zero-order chi connectivity index (χ0) is 58.5. The summed E-state index contributed by atoms with van der Waals surface area (Å²) in [5.41, 5.74) is 4.66. The summed E-state index contributed by atoms with van der Waals surface area (Å²) < 4.78 is 14.2. The minimum absolute atomic E-state index is 0.0870. The zero-order valence-electron chi connectivity index (χ0n) is 54.4. The largest absolute Gasteiger partial charge is 0.507 e. The van der Waals surface area contributed by atoms with Crippen molar-refractivity contribution in [1.82, 2.24) is 0 Å². The van der Waals surface area contributed by atoms with Gasteiger partial charge in [-0.1, -0.05) is 332 Å². The molecule has 6 heteroatoms. The maximum Gasteiger partial charge on any atom is 0.248 e. The van der Waals surface area contributed by atoms with Crippen LogP contribution in [-0.2, 0) is 33.1 Å². The summed E-state index contributed by atoms with van der Waals surface area (Å²) in [6.45, 7) is 28.3. The van der Waals surface area contributed by atoms with Crippen LogP contribution >= 0.6 is 24.4 Å². The summed E-state index contributed by atoms with van der Waals surface area (Å²) in [5, 5.41) is 23.9. The van der Waals surface area contributed by atoms with Crippen LogP contribution in [0.3, 0.4) is 0 Å². The molecule has 2 aromatic carbocycles. The Bertz CT molecular complexity index is 1770. The number of aromatic hydroxyl groups is 2. The van der Waals surface area contributed by atoms with Crippen LogP contribution in [0, 0.1) is 31.1 Å². The molecule has 79 heavy (non-hydrogen) atoms. The highest BCUT2D eigenvalue weighted by molar-refractivity contribution is 7.80. The molecule has 2 unspecified atom stereocenters. The molecule has 4 nitrogen and oxygen atoms in total. The molecule has 2 N–H and O–H groups in total. The molecule has 0 aliphatic rings. The van der Waals surface area contributed by atoms with E-state index in [2.05, 4.69) is 100 Å². The third-order valence-corrected chi connectivity index (χ3v) is 18.4. The second-order valence-electron chi connectivity index (χ2n) is 27.7. The number of benzene rings is 2. The average Bonchev–Trinajstić information content (AvgIpc) is 3.43. The van der Waals surface area contributed by atoms with Crippen LogP contribution in [-0.4, -0.2) is 26.6 Å². The van der Waals surface area contributed by atoms with Crippen LogP contribution in [0.15, 0.2) is 24.3 Å². The molecular weight excluding hydrogens is 1000 g/mol. The third kappa shape index (κ3) is 31.9. The van der Waals surface area contributed by atoms with Crippen molar-refractivity contribution >= 4 is 34.5 Å². The third-order valence-electron chi connectivity index (χ3n) is 17.4. The average molecular weight is 1130 g/mol. The lowest BCUT2D eigenvalue weighted by Crippen LogP contribution is -2.44. The highest BCUT2D eigenvalue weighted by Gasteiger charge is 2.42. The first-order valence-electron chi connectivity index (χ1n) is 33.7. The zero-order valence-corrected chi connectivity index (χ0v) is 56.0. The van der Waals surface area contributed by atoms with Gasteiger partial charge in [0.2, 0.25) is 6.29 Å². The summed E-state index contributed by atoms with van der Waals surface area (Å²) in [7, 11) is 0. The van der Waals surface area contributed by atoms with Crippen LogP contribution in [0.2, 0.25) is 0 Å². The van der Waals surface area contributed by atoms with Gasteiger partial charge in [-0.3, -0.25) is 0 Å². The molecular formula is C73H128O4S2. The SMILES string of the molecule is CCCCCCCCCCCCCCCCCCCCC(C)C(=S)OC(OC(=S)C(C)CCCCCCCCCCCCCCCCCCCC)C(C)(Cc1cc(C)c(O)c(C(C)(C)C)c1)Cc1cc(C)c(O)c(C(C)(C)C)c1. The number of hydrogen-bond donors (Lipinski definition) is 2. The standard InChI is InChI=1S/C73H128O4S2/c1-14-16-18-20-22-24-26-28-30-32-34-36-38-40-42-44-46-48-50-58(3)68(78)76-70(77-69(79)59(4)51-49-47-45-43-41-39-37-35-33-31-29-27-25-23-21-19-17-15-2)73(13,56-62-52-60(5)66(74)64(54-62)71(7,8)9)57-63-53-61(6)67(75)65(55-63)72(10,11)12/h52-55,58-59,70,74-75H,14-51,56-57H2,1-13H3. The normalized spacial score (nSPS) is 13.4. The molecule has 0 heterocycles. The first-order valence-corrected chi connectivity index (χ1v) is 34.5. The number of phenolic OH excluding ortho intramolecular Hbond substituents is 2. The summed E-state index contributed by atoms with van der Waals surface area (Å²) in [6.07, 6.45) is 51.7. The van der Waals surface area contributed by atoms with E-state index >= 15 is 0 Å². The van der Waals surface area contributed by atoms with Gasteiger partial charge in [-0.15, -0.1) is 0 Å². The van der Waals surface area contributed by atoms with E-state index in [1.165, 1.54) is 218 Å². The van der Waals surface area contributed by atoms with Crippen LogP contribution in [0.5, 0.6) is 11.5 Å². The van der Waals surface area contributed by atoms with Gasteiger partial charge in [-0.25, -0.2) is 0 Å². The van der Waals surface area contributed by atoms with Crippen molar-refractivity contribution in [1.29, 1.82) is 0 Å². The molecule has 2 atom stereocenters. The molecule has 0 saturated carbocycles. The predicted octanol–water partition coefficient (Wildman–Crippen LogP) is 24.3. The second kappa shape index (κ2) is 41.8. The van der Waals surface area contributed by atoms with E-state index < -0.39 is 11.7 Å². The van der Waals surface area contributed by atoms with Crippen LogP contribution in [0.1, 0.15) is 354 Å². The number of rotatable bonds is 47. The van der Waals surface area contributed by atoms with Gasteiger partial charge >= 0.3 is 0 Å². The summed E-state index contributed by atoms with van der Waals surface area (Å²) >= 11 is 12.5. The summed E-state index contributed by atoms with van der Waals surface area (Å²) in [6, 6.07) is 8.61. The molecule has 0 amide bonds. The van der Waals surface area contributed by atoms with Gasteiger partial charge in [0.05, 0.1) is 0 Å². The van der Waals surface area contributed by atoms with E-state index in [4.69, 9.17) is 33.9 Å². The minimum atomic E-state index is -0.752. The number of phenols is 2. The maximum atomic E-state index is 11.4. The molecule has 0 spiro atoms. The van der Waals surface area contributed by atoms with E-state index in [-0.39, 0.29) is 22.7 Å². The van der Waals surface area contributed by atoms with Crippen molar-refractivity contribution in [3.05, 3.63) is 57.6 Å². The fourth-order valence-corrected chi connectivity index (χ4v) is 12.3. The van der Waals surface area contributed by atoms with Gasteiger partial charge in [0.25, 0.3) is 0 Å². The predicted molar refractivity (Wildman–Crippen MR) is 355 cm³/mol. The highest BCUT2D eigenvalue weighted by atomic mass is 32.1. The number of unbranched alkanes of at least 4 members (excludes halogenated alkanes) is 34. The van der Waals surface area contributed by atoms with E-state index in [9.17, 15) is 10.2 Å². The Morgan fingerprint density at radius 1 is 0.392 bits per heavy atom. The second-order valence-corrected chi connectivity index (χ2v) is 28.5. The Balaban J connectivity index is 2.13. The van der Waals surface area contributed by atoms with Crippen molar-refractivity contribution < 1.29 is 19.7 Å². The Morgan fingerprint density at radius 2 is 0.620 bits per heavy atom. The molecule has 0 radical (unpaired) electrons. The fraction of sp³-hybridized carbons (Fsp3) is 0.808. The van der Waals surface area contributed by atoms with Crippen molar-refractivity contribution in [2.45, 2.75) is 364 Å². The van der Waals surface area contributed by atoms with Gasteiger partial charge in [0, 0.05) is 17.3 Å². The monoisotopic (exact) mass is 1130 g/mol. The minimum Gasteiger partial charge on any atom is -0.507 e. The Labute approximate surface area is 501 Å². The van der Waals surface area contributed by atoms with Gasteiger partial charge in [-0.2, -0.15) is 0 Å². The van der Waals surface area contributed by atoms with Gasteiger partial charge in [0.1, 0.15) is 11.5 Å². The first kappa shape index (κ1) is 72.9. The van der Waals surface area contributed by atoms with Crippen LogP contribution in [0.4, 0.5) is 0 Å². The van der Waals surface area contributed by atoms with Crippen molar-refractivity contribution in [3.8, 4) is 11.5 Å². The van der Waals surface area contributed by atoms with Crippen molar-refractivity contribution in [2.75, 3.05) is 0 Å². The van der Waals surface area contributed by atoms with Gasteiger partial charge in [0.15, 0.2) is 10.1 Å². The van der Waals surface area contributed by atoms with E-state index in [0.717, 1.165) is 59.1 Å². The molecule has 2 rings (SSSR count). The molecule has 0 aromatic heterocycles. The molecule has 0 aliphatic heterocycles. The molecule has 0 fully saturated rings. The Morgan fingerprint density at radius 3 is 0.848 bits per heavy atom. The van der Waals surface area contributed by atoms with Gasteiger partial charge in [-0.05, 0) is 108 Å². The maximum absolute atomic E-state index is 11.4. The molecule has 456 valence electrons. The van der Waals surface area contributed by atoms with E-state index in [0.29, 0.717) is 34.4 Å². The number of thiocarbonyl (C=S) groups is 2. The van der Waals surface area contributed by atoms with Crippen molar-refractivity contribution in [3.63, 3.8) is 0 Å². The first-order chi connectivity index (χ1) is 37.6. The fourth-order valence-electron chi connectivity index (χ4n) is 11.9. The summed E-state index contributed by atoms with van der Waals surface area (Å²) in [5.74, 6) is 0.887. The topological polar surface area (TPSA) is 58.9 Å². The smallest absolute Gasteiger partial charge is 0.248 e. The van der Waals surface area contributed by atoms with E-state index in [1.54, 1.807) is 0 Å². The molecule has 2 aromatic rings. The lowest BCUT2D eigenvalue weighted by atomic mass is 9.74. The van der Waals surface area contributed by atoms with Crippen LogP contribution in [0.25, 0.3) is 0 Å². The molecule has 0 aliphatic carbocycles. The number of aryl methyl sites for hydroxylation is 2. The molecule has 0 saturated heterocycles. The van der Waals surface area contributed by atoms with Crippen molar-refractivity contribution in [2.24, 2.45) is 17.3 Å². The quantitative estimate of drug-likeness (QED) is 0.0391. The molecule has 0 bridgehead atoms. The van der Waals surface area contributed by atoms with Crippen LogP contribution < -0.4 is 0 Å². The Kier molecular flexibility index (Phi) is 38.5. The van der Waals surface area contributed by atoms with Gasteiger partial charge < -0.3 is 19.7 Å². The number of hydrogen-bond acceptors (Lipinski definition) is 6. The summed E-state index contributed by atoms with van der Waals surface area (Å²) in [4.78, 5) is 0. The Hall–Kier alpha value is -2.18. The number of ether oxygens (including phenoxy) is 2.